The molecule has 6 heteroatoms. The Labute approximate surface area is 122 Å². The van der Waals surface area contributed by atoms with Crippen molar-refractivity contribution in [3.8, 4) is 11.5 Å². The molecule has 108 valence electrons. The largest absolute Gasteiger partial charge is 0.485 e. The van der Waals surface area contributed by atoms with Crippen LogP contribution in [0.1, 0.15) is 0 Å². The van der Waals surface area contributed by atoms with Crippen LogP contribution in [0.4, 0.5) is 0 Å². The lowest BCUT2D eigenvalue weighted by molar-refractivity contribution is -0.147. The monoisotopic (exact) mass is 297 g/mol. The van der Waals surface area contributed by atoms with Gasteiger partial charge in [0.05, 0.1) is 18.6 Å². The maximum atomic E-state index is 12.4. The number of morpholine rings is 1. The highest BCUT2D eigenvalue weighted by Crippen LogP contribution is 2.31. The number of benzene rings is 1. The summed E-state index contributed by atoms with van der Waals surface area (Å²) in [4.78, 5) is 14.2. The topological polar surface area (TPSA) is 48.0 Å². The fraction of sp³-hybridized carbons (Fsp3) is 0.500. The second-order valence-corrected chi connectivity index (χ2v) is 5.10. The van der Waals surface area contributed by atoms with Crippen molar-refractivity contribution in [3.63, 3.8) is 0 Å². The van der Waals surface area contributed by atoms with Crippen LogP contribution in [-0.2, 0) is 9.53 Å². The summed E-state index contributed by atoms with van der Waals surface area (Å²) in [7, 11) is 0. The molecule has 1 aromatic rings. The van der Waals surface area contributed by atoms with Gasteiger partial charge < -0.3 is 19.1 Å². The molecule has 2 atom stereocenters. The van der Waals surface area contributed by atoms with Crippen LogP contribution in [0.2, 0.25) is 0 Å². The average Bonchev–Trinajstić information content (AvgIpc) is 2.53. The van der Waals surface area contributed by atoms with E-state index in [2.05, 4.69) is 0 Å². The Morgan fingerprint density at radius 2 is 2.15 bits per heavy atom. The fourth-order valence-corrected chi connectivity index (χ4v) is 2.54. The predicted molar refractivity (Wildman–Crippen MR) is 73.4 cm³/mol. The van der Waals surface area contributed by atoms with E-state index in [0.717, 1.165) is 0 Å². The standard InChI is InChI=1S/C14H16ClNO4/c15-7-10-8-16(5-6-18-10)14(17)13-9-19-11-3-1-2-4-12(11)20-13/h1-4,10,13H,5-9H2. The van der Waals surface area contributed by atoms with Crippen LogP contribution in [0.25, 0.3) is 0 Å². The summed E-state index contributed by atoms with van der Waals surface area (Å²) in [5, 5.41) is 0. The van der Waals surface area contributed by atoms with E-state index < -0.39 is 6.10 Å². The molecule has 0 aliphatic carbocycles. The second-order valence-electron chi connectivity index (χ2n) is 4.80. The molecule has 0 N–H and O–H groups in total. The zero-order valence-corrected chi connectivity index (χ0v) is 11.7. The molecule has 1 fully saturated rings. The summed E-state index contributed by atoms with van der Waals surface area (Å²) in [6.07, 6.45) is -0.704. The molecule has 5 nitrogen and oxygen atoms in total. The number of alkyl halides is 1. The number of hydrogen-bond acceptors (Lipinski definition) is 4. The van der Waals surface area contributed by atoms with Gasteiger partial charge in [0, 0.05) is 13.1 Å². The minimum Gasteiger partial charge on any atom is -0.485 e. The molecule has 3 rings (SSSR count). The number of nitrogens with zero attached hydrogens (tertiary/aromatic N) is 1. The SMILES string of the molecule is O=C(C1COc2ccccc2O1)N1CCOC(CCl)C1. The Bertz CT molecular complexity index is 496. The summed E-state index contributed by atoms with van der Waals surface area (Å²) >= 11 is 5.78. The predicted octanol–water partition coefficient (Wildman–Crippen LogP) is 1.29. The Kier molecular flexibility index (Phi) is 3.98. The lowest BCUT2D eigenvalue weighted by Crippen LogP contribution is -2.52. The van der Waals surface area contributed by atoms with Crippen molar-refractivity contribution in [3.05, 3.63) is 24.3 Å². The highest BCUT2D eigenvalue weighted by molar-refractivity contribution is 6.18. The summed E-state index contributed by atoms with van der Waals surface area (Å²) in [5.41, 5.74) is 0. The van der Waals surface area contributed by atoms with Gasteiger partial charge in [-0.05, 0) is 12.1 Å². The molecule has 1 aromatic carbocycles. The molecule has 2 aliphatic heterocycles. The van der Waals surface area contributed by atoms with Crippen molar-refractivity contribution in [1.29, 1.82) is 0 Å². The first-order chi connectivity index (χ1) is 9.78. The van der Waals surface area contributed by atoms with E-state index in [1.54, 1.807) is 11.0 Å². The Hall–Kier alpha value is -1.46. The third kappa shape index (κ3) is 2.69. The van der Waals surface area contributed by atoms with E-state index in [9.17, 15) is 4.79 Å². The normalized spacial score (nSPS) is 25.4. The number of carbonyl (C=O) groups excluding carboxylic acids is 1. The first-order valence-corrected chi connectivity index (χ1v) is 7.16. The Balaban J connectivity index is 1.67. The molecule has 0 radical (unpaired) electrons. The van der Waals surface area contributed by atoms with E-state index in [0.29, 0.717) is 37.1 Å². The molecule has 0 spiro atoms. The maximum Gasteiger partial charge on any atom is 0.267 e. The van der Waals surface area contributed by atoms with Crippen LogP contribution in [0.3, 0.4) is 0 Å². The highest BCUT2D eigenvalue weighted by atomic mass is 35.5. The molecule has 1 amide bonds. The van der Waals surface area contributed by atoms with E-state index in [-0.39, 0.29) is 18.6 Å². The van der Waals surface area contributed by atoms with Gasteiger partial charge >= 0.3 is 0 Å². The molecule has 0 saturated carbocycles. The molecule has 1 saturated heterocycles. The molecule has 0 bridgehead atoms. The number of halogens is 1. The zero-order chi connectivity index (χ0) is 13.9. The number of ether oxygens (including phenoxy) is 3. The van der Waals surface area contributed by atoms with Crippen molar-refractivity contribution in [2.24, 2.45) is 0 Å². The summed E-state index contributed by atoms with van der Waals surface area (Å²) in [6, 6.07) is 7.36. The van der Waals surface area contributed by atoms with E-state index in [1.807, 2.05) is 18.2 Å². The summed E-state index contributed by atoms with van der Waals surface area (Å²) in [5.74, 6) is 1.60. The van der Waals surface area contributed by atoms with Gasteiger partial charge in [0.2, 0.25) is 6.10 Å². The van der Waals surface area contributed by atoms with Gasteiger partial charge in [-0.3, -0.25) is 4.79 Å². The van der Waals surface area contributed by atoms with Gasteiger partial charge in [-0.25, -0.2) is 0 Å². The van der Waals surface area contributed by atoms with E-state index in [1.165, 1.54) is 0 Å². The molecular formula is C14H16ClNO4. The van der Waals surface area contributed by atoms with Gasteiger partial charge in [0.25, 0.3) is 5.91 Å². The van der Waals surface area contributed by atoms with Crippen LogP contribution >= 0.6 is 11.6 Å². The Morgan fingerprint density at radius 1 is 1.35 bits per heavy atom. The molecule has 20 heavy (non-hydrogen) atoms. The number of amides is 1. The van der Waals surface area contributed by atoms with Crippen molar-refractivity contribution < 1.29 is 19.0 Å². The first-order valence-electron chi connectivity index (χ1n) is 6.63. The third-order valence-electron chi connectivity index (χ3n) is 3.41. The van der Waals surface area contributed by atoms with Crippen LogP contribution in [-0.4, -0.2) is 55.2 Å². The number of carbonyl (C=O) groups is 1. The lowest BCUT2D eigenvalue weighted by Gasteiger charge is -2.35. The van der Waals surface area contributed by atoms with Gasteiger partial charge in [-0.1, -0.05) is 12.1 Å². The molecule has 2 unspecified atom stereocenters. The van der Waals surface area contributed by atoms with Crippen LogP contribution in [0.15, 0.2) is 24.3 Å². The van der Waals surface area contributed by atoms with Crippen molar-refractivity contribution >= 4 is 17.5 Å². The fourth-order valence-electron chi connectivity index (χ4n) is 2.36. The third-order valence-corrected chi connectivity index (χ3v) is 3.75. The second kappa shape index (κ2) is 5.89. The number of para-hydroxylation sites is 2. The summed E-state index contributed by atoms with van der Waals surface area (Å²) in [6.45, 7) is 1.81. The quantitative estimate of drug-likeness (QED) is 0.772. The molecular weight excluding hydrogens is 282 g/mol. The minimum atomic E-state index is -0.598. The van der Waals surface area contributed by atoms with Gasteiger partial charge in [-0.2, -0.15) is 0 Å². The average molecular weight is 298 g/mol. The van der Waals surface area contributed by atoms with Gasteiger partial charge in [0.15, 0.2) is 11.5 Å². The van der Waals surface area contributed by atoms with E-state index >= 15 is 0 Å². The van der Waals surface area contributed by atoms with E-state index in [4.69, 9.17) is 25.8 Å². The maximum absolute atomic E-state index is 12.4. The smallest absolute Gasteiger partial charge is 0.267 e. The van der Waals surface area contributed by atoms with Crippen LogP contribution < -0.4 is 9.47 Å². The molecule has 0 aromatic heterocycles. The minimum absolute atomic E-state index is 0.0714. The molecule has 2 heterocycles. The Morgan fingerprint density at radius 3 is 2.95 bits per heavy atom. The zero-order valence-electron chi connectivity index (χ0n) is 11.0. The number of rotatable bonds is 2. The first kappa shape index (κ1) is 13.5. The lowest BCUT2D eigenvalue weighted by atomic mass is 10.2. The van der Waals surface area contributed by atoms with Crippen molar-refractivity contribution in [2.45, 2.75) is 12.2 Å². The highest BCUT2D eigenvalue weighted by Gasteiger charge is 2.33. The van der Waals surface area contributed by atoms with Gasteiger partial charge in [0.1, 0.15) is 6.61 Å². The number of fused-ring (bicyclic) bond motifs is 1. The van der Waals surface area contributed by atoms with Crippen molar-refractivity contribution in [2.75, 3.05) is 32.2 Å². The summed E-state index contributed by atoms with van der Waals surface area (Å²) < 4.78 is 16.8. The number of hydrogen-bond donors (Lipinski definition) is 0. The van der Waals surface area contributed by atoms with Gasteiger partial charge in [-0.15, -0.1) is 11.6 Å². The van der Waals surface area contributed by atoms with Crippen LogP contribution in [0, 0.1) is 0 Å². The van der Waals surface area contributed by atoms with Crippen LogP contribution in [0.5, 0.6) is 11.5 Å². The molecule has 2 aliphatic rings. The van der Waals surface area contributed by atoms with Crippen molar-refractivity contribution in [1.82, 2.24) is 4.90 Å².